The third-order valence-corrected chi connectivity index (χ3v) is 3.86. The lowest BCUT2D eigenvalue weighted by molar-refractivity contribution is 0.448. The van der Waals surface area contributed by atoms with Gasteiger partial charge in [-0.2, -0.15) is 0 Å². The first-order chi connectivity index (χ1) is 5.29. The average Bonchev–Trinajstić information content (AvgIpc) is 2.60. The van der Waals surface area contributed by atoms with Crippen molar-refractivity contribution in [2.75, 3.05) is 0 Å². The van der Waals surface area contributed by atoms with Crippen LogP contribution in [0.5, 0.6) is 0 Å². The normalized spacial score (nSPS) is 43.4. The van der Waals surface area contributed by atoms with E-state index in [1.807, 2.05) is 0 Å². The summed E-state index contributed by atoms with van der Waals surface area (Å²) in [6, 6.07) is 0. The van der Waals surface area contributed by atoms with Crippen LogP contribution in [0.3, 0.4) is 0 Å². The maximum Gasteiger partial charge on any atom is 0.110 e. The fraction of sp³-hybridized carbons (Fsp3) is 1.00. The molecule has 2 heteroatoms. The molecule has 0 saturated heterocycles. The van der Waals surface area contributed by atoms with Crippen LogP contribution < -0.4 is 0 Å². The maximum absolute atomic E-state index is 5.92. The summed E-state index contributed by atoms with van der Waals surface area (Å²) in [5.74, 6) is 2.49. The first-order valence-corrected chi connectivity index (χ1v) is 5.44. The van der Waals surface area contributed by atoms with Crippen LogP contribution in [0, 0.1) is 17.8 Å². The first kappa shape index (κ1) is 8.19. The zero-order chi connectivity index (χ0) is 7.84. The molecule has 11 heavy (non-hydrogen) atoms. The molecule has 0 amide bonds. The number of hydrogen-bond acceptors (Lipinski definition) is 0. The highest BCUT2D eigenvalue weighted by Crippen LogP contribution is 2.53. The van der Waals surface area contributed by atoms with E-state index in [0.717, 1.165) is 11.8 Å². The van der Waals surface area contributed by atoms with Crippen molar-refractivity contribution in [2.24, 2.45) is 17.8 Å². The monoisotopic (exact) mass is 192 g/mol. The molecule has 0 spiro atoms. The van der Waals surface area contributed by atoms with Gasteiger partial charge in [0.05, 0.1) is 0 Å². The summed E-state index contributed by atoms with van der Waals surface area (Å²) in [6.45, 7) is 0. The average molecular weight is 193 g/mol. The number of alkyl halides is 2. The molecule has 3 unspecified atom stereocenters. The number of hydrogen-bond donors (Lipinski definition) is 0. The topological polar surface area (TPSA) is 0 Å². The standard InChI is InChI=1S/C9H14Cl2/c10-9(11)7-4-2-1-3-6-5-8(6)7/h6-9H,1-5H2. The van der Waals surface area contributed by atoms with Gasteiger partial charge in [-0.05, 0) is 30.6 Å². The fourth-order valence-corrected chi connectivity index (χ4v) is 3.07. The minimum Gasteiger partial charge on any atom is -0.105 e. The Labute approximate surface area is 78.3 Å². The van der Waals surface area contributed by atoms with Crippen molar-refractivity contribution >= 4 is 23.2 Å². The highest BCUT2D eigenvalue weighted by atomic mass is 35.5. The molecule has 0 heterocycles. The van der Waals surface area contributed by atoms with Crippen LogP contribution in [0.15, 0.2) is 0 Å². The predicted octanol–water partition coefficient (Wildman–Crippen LogP) is 3.62. The summed E-state index contributed by atoms with van der Waals surface area (Å²) < 4.78 is 0. The molecular formula is C9H14Cl2. The van der Waals surface area contributed by atoms with Gasteiger partial charge >= 0.3 is 0 Å². The van der Waals surface area contributed by atoms with Crippen LogP contribution in [0.1, 0.15) is 32.1 Å². The molecule has 2 aliphatic rings. The highest BCUT2D eigenvalue weighted by molar-refractivity contribution is 6.44. The van der Waals surface area contributed by atoms with Crippen LogP contribution in [0.2, 0.25) is 0 Å². The maximum atomic E-state index is 5.92. The van der Waals surface area contributed by atoms with Gasteiger partial charge in [-0.25, -0.2) is 0 Å². The van der Waals surface area contributed by atoms with Gasteiger partial charge in [0.25, 0.3) is 0 Å². The Morgan fingerprint density at radius 2 is 1.82 bits per heavy atom. The van der Waals surface area contributed by atoms with Gasteiger partial charge in [-0.1, -0.05) is 19.3 Å². The molecular weight excluding hydrogens is 179 g/mol. The van der Waals surface area contributed by atoms with Gasteiger partial charge < -0.3 is 0 Å². The Morgan fingerprint density at radius 3 is 2.55 bits per heavy atom. The molecule has 0 aliphatic heterocycles. The molecule has 0 bridgehead atoms. The van der Waals surface area contributed by atoms with E-state index in [9.17, 15) is 0 Å². The SMILES string of the molecule is ClC(Cl)C1CCCCC2CC21. The van der Waals surface area contributed by atoms with Gasteiger partial charge in [-0.15, -0.1) is 23.2 Å². The minimum absolute atomic E-state index is 0.108. The summed E-state index contributed by atoms with van der Waals surface area (Å²) in [5, 5.41) is 0. The van der Waals surface area contributed by atoms with Crippen LogP contribution in [0.4, 0.5) is 0 Å². The van der Waals surface area contributed by atoms with E-state index in [1.165, 1.54) is 32.1 Å². The van der Waals surface area contributed by atoms with Crippen molar-refractivity contribution in [1.29, 1.82) is 0 Å². The molecule has 64 valence electrons. The summed E-state index contributed by atoms with van der Waals surface area (Å²) in [6.07, 6.45) is 6.84. The van der Waals surface area contributed by atoms with Gasteiger partial charge in [0.1, 0.15) is 4.84 Å². The second-order valence-corrected chi connectivity index (χ2v) is 5.11. The van der Waals surface area contributed by atoms with E-state index in [0.29, 0.717) is 5.92 Å². The largest absolute Gasteiger partial charge is 0.110 e. The van der Waals surface area contributed by atoms with E-state index in [-0.39, 0.29) is 4.84 Å². The second-order valence-electron chi connectivity index (χ2n) is 3.94. The summed E-state index contributed by atoms with van der Waals surface area (Å²) >= 11 is 11.8. The Kier molecular flexibility index (Phi) is 2.34. The number of halogens is 2. The molecule has 2 saturated carbocycles. The van der Waals surface area contributed by atoms with Crippen molar-refractivity contribution in [2.45, 2.75) is 36.9 Å². The Bertz CT molecular complexity index is 144. The molecule has 0 aromatic heterocycles. The molecule has 0 aromatic carbocycles. The third kappa shape index (κ3) is 1.67. The zero-order valence-electron chi connectivity index (χ0n) is 6.60. The van der Waals surface area contributed by atoms with Crippen molar-refractivity contribution in [3.05, 3.63) is 0 Å². The lowest BCUT2D eigenvalue weighted by Crippen LogP contribution is -2.11. The Balaban J connectivity index is 1.96. The molecule has 3 atom stereocenters. The van der Waals surface area contributed by atoms with Gasteiger partial charge in [0.15, 0.2) is 0 Å². The van der Waals surface area contributed by atoms with Crippen LogP contribution in [0.25, 0.3) is 0 Å². The van der Waals surface area contributed by atoms with Gasteiger partial charge in [-0.3, -0.25) is 0 Å². The summed E-state index contributed by atoms with van der Waals surface area (Å²) in [4.78, 5) is -0.108. The number of fused-ring (bicyclic) bond motifs is 1. The minimum atomic E-state index is -0.108. The van der Waals surface area contributed by atoms with Crippen LogP contribution >= 0.6 is 23.2 Å². The molecule has 0 aromatic rings. The highest BCUT2D eigenvalue weighted by Gasteiger charge is 2.45. The summed E-state index contributed by atoms with van der Waals surface area (Å²) in [5.41, 5.74) is 0. The Hall–Kier alpha value is 0.580. The summed E-state index contributed by atoms with van der Waals surface area (Å²) in [7, 11) is 0. The first-order valence-electron chi connectivity index (χ1n) is 4.57. The molecule has 2 fully saturated rings. The van der Waals surface area contributed by atoms with E-state index < -0.39 is 0 Å². The van der Waals surface area contributed by atoms with E-state index in [4.69, 9.17) is 23.2 Å². The fourth-order valence-electron chi connectivity index (χ4n) is 2.44. The predicted molar refractivity (Wildman–Crippen MR) is 49.0 cm³/mol. The van der Waals surface area contributed by atoms with Crippen molar-refractivity contribution in [3.8, 4) is 0 Å². The van der Waals surface area contributed by atoms with Crippen molar-refractivity contribution in [3.63, 3.8) is 0 Å². The molecule has 2 rings (SSSR count). The molecule has 0 nitrogen and oxygen atoms in total. The number of rotatable bonds is 1. The zero-order valence-corrected chi connectivity index (χ0v) is 8.11. The van der Waals surface area contributed by atoms with Gasteiger partial charge in [0.2, 0.25) is 0 Å². The van der Waals surface area contributed by atoms with Crippen molar-refractivity contribution in [1.82, 2.24) is 0 Å². The van der Waals surface area contributed by atoms with Crippen LogP contribution in [-0.2, 0) is 0 Å². The molecule has 0 radical (unpaired) electrons. The van der Waals surface area contributed by atoms with E-state index in [2.05, 4.69) is 0 Å². The van der Waals surface area contributed by atoms with Gasteiger partial charge in [0, 0.05) is 0 Å². The van der Waals surface area contributed by atoms with Crippen LogP contribution in [-0.4, -0.2) is 4.84 Å². The van der Waals surface area contributed by atoms with E-state index in [1.54, 1.807) is 0 Å². The van der Waals surface area contributed by atoms with E-state index >= 15 is 0 Å². The third-order valence-electron chi connectivity index (χ3n) is 3.21. The Morgan fingerprint density at radius 1 is 1.09 bits per heavy atom. The molecule has 0 N–H and O–H groups in total. The van der Waals surface area contributed by atoms with Crippen molar-refractivity contribution < 1.29 is 0 Å². The lowest BCUT2D eigenvalue weighted by atomic mass is 10.0. The quantitative estimate of drug-likeness (QED) is 0.558. The second kappa shape index (κ2) is 3.14. The lowest BCUT2D eigenvalue weighted by Gasteiger charge is -2.15. The molecule has 2 aliphatic carbocycles. The smallest absolute Gasteiger partial charge is 0.105 e.